The molecule has 4 aromatic heterocycles. The molecule has 2 amide bonds. The van der Waals surface area contributed by atoms with Crippen LogP contribution in [0.3, 0.4) is 0 Å². The Bertz CT molecular complexity index is 2860. The third kappa shape index (κ3) is 10.2. The van der Waals surface area contributed by atoms with Crippen molar-refractivity contribution in [3.05, 3.63) is 143 Å². The zero-order chi connectivity index (χ0) is 48.9. The maximum Gasteiger partial charge on any atom is 0.433 e. The first-order chi connectivity index (χ1) is 32.7. The Morgan fingerprint density at radius 2 is 1.42 bits per heavy atom. The van der Waals surface area contributed by atoms with Gasteiger partial charge in [-0.3, -0.25) is 14.5 Å². The number of halogens is 7. The van der Waals surface area contributed by atoms with E-state index < -0.39 is 52.1 Å². The van der Waals surface area contributed by atoms with Crippen LogP contribution in [-0.4, -0.2) is 94.1 Å². The maximum absolute atomic E-state index is 15.7. The van der Waals surface area contributed by atoms with Gasteiger partial charge in [0.2, 0.25) is 5.92 Å². The van der Waals surface area contributed by atoms with Crippen LogP contribution in [0.4, 0.5) is 42.1 Å². The Kier molecular flexibility index (Phi) is 12.4. The van der Waals surface area contributed by atoms with E-state index in [2.05, 4.69) is 41.0 Å². The summed E-state index contributed by atoms with van der Waals surface area (Å²) in [5.41, 5.74) is -0.234. The summed E-state index contributed by atoms with van der Waals surface area (Å²) < 4.78 is 105. The van der Waals surface area contributed by atoms with Crippen molar-refractivity contribution in [2.24, 2.45) is 14.1 Å². The van der Waals surface area contributed by atoms with Crippen LogP contribution in [0, 0.1) is 0 Å². The molecule has 1 unspecified atom stereocenters. The SMILES string of the molecule is Cn1cnnc1C(F)C1(c2cccc(NC(=O)c3cc(CN4CC(C)(F)C4)cc(C4CC4)n3)c2)COC1.Cn1cnnc1CC1(c2cccc(NC(=O)c3cccc(C(F)(F)F)n3)c2)CC(F)(F)C1. The molecule has 6 heterocycles. The number of rotatable bonds is 13. The number of anilines is 2. The average molecular weight is 960 g/mol. The number of benzene rings is 2. The molecule has 0 radical (unpaired) electrons. The molecule has 362 valence electrons. The van der Waals surface area contributed by atoms with Gasteiger partial charge in [0, 0.05) is 81.4 Å². The lowest BCUT2D eigenvalue weighted by Gasteiger charge is -2.47. The summed E-state index contributed by atoms with van der Waals surface area (Å²) in [7, 11) is 3.43. The summed E-state index contributed by atoms with van der Waals surface area (Å²) in [6.07, 6.45) is -1.56. The Morgan fingerprint density at radius 3 is 1.99 bits per heavy atom. The van der Waals surface area contributed by atoms with Crippen molar-refractivity contribution < 1.29 is 45.1 Å². The fourth-order valence-corrected chi connectivity index (χ4v) is 9.30. The molecule has 14 nitrogen and oxygen atoms in total. The number of likely N-dealkylation sites (tertiary alicyclic amines) is 1. The molecule has 2 aliphatic carbocycles. The highest BCUT2D eigenvalue weighted by Crippen LogP contribution is 2.55. The number of carbonyl (C=O) groups is 2. The van der Waals surface area contributed by atoms with Gasteiger partial charge >= 0.3 is 6.18 Å². The van der Waals surface area contributed by atoms with Gasteiger partial charge in [-0.05, 0) is 85.0 Å². The molecule has 4 fully saturated rings. The maximum atomic E-state index is 15.7. The van der Waals surface area contributed by atoms with Crippen molar-refractivity contribution >= 4 is 23.2 Å². The fraction of sp³-hybridized carbons (Fsp3) is 0.417. The first-order valence-electron chi connectivity index (χ1n) is 22.3. The second kappa shape index (κ2) is 18.0. The zero-order valence-electron chi connectivity index (χ0n) is 37.8. The number of carbonyl (C=O) groups excluding carboxylic acids is 2. The van der Waals surface area contributed by atoms with Crippen LogP contribution in [0.2, 0.25) is 0 Å². The predicted octanol–water partition coefficient (Wildman–Crippen LogP) is 8.25. The normalized spacial score (nSPS) is 19.2. The summed E-state index contributed by atoms with van der Waals surface area (Å²) >= 11 is 0. The minimum Gasteiger partial charge on any atom is -0.379 e. The zero-order valence-corrected chi connectivity index (χ0v) is 37.8. The summed E-state index contributed by atoms with van der Waals surface area (Å²) in [6, 6.07) is 20.4. The number of alkyl halides is 7. The first-order valence-corrected chi connectivity index (χ1v) is 22.3. The fourth-order valence-electron chi connectivity index (χ4n) is 9.30. The topological polar surface area (TPSA) is 158 Å². The number of nitrogens with zero attached hydrogens (tertiary/aromatic N) is 9. The molecule has 2 saturated carbocycles. The van der Waals surface area contributed by atoms with E-state index in [0.29, 0.717) is 48.3 Å². The van der Waals surface area contributed by atoms with Crippen LogP contribution in [0.5, 0.6) is 0 Å². The molecule has 69 heavy (non-hydrogen) atoms. The van der Waals surface area contributed by atoms with Gasteiger partial charge in [0.15, 0.2) is 12.0 Å². The van der Waals surface area contributed by atoms with Gasteiger partial charge in [0.1, 0.15) is 41.2 Å². The smallest absolute Gasteiger partial charge is 0.379 e. The van der Waals surface area contributed by atoms with Gasteiger partial charge in [-0.15, -0.1) is 20.4 Å². The molecular weight excluding hydrogens is 912 g/mol. The third-order valence-corrected chi connectivity index (χ3v) is 13.0. The molecule has 21 heteroatoms. The number of ether oxygens (including phenoxy) is 1. The van der Waals surface area contributed by atoms with Gasteiger partial charge in [0.05, 0.1) is 18.6 Å². The van der Waals surface area contributed by atoms with Crippen LogP contribution in [0.1, 0.15) is 105 Å². The summed E-state index contributed by atoms with van der Waals surface area (Å²) in [4.78, 5) is 35.8. The number of amides is 2. The summed E-state index contributed by atoms with van der Waals surface area (Å²) in [5.74, 6) is -2.83. The molecule has 0 bridgehead atoms. The molecule has 4 aliphatic rings. The Morgan fingerprint density at radius 1 is 0.797 bits per heavy atom. The van der Waals surface area contributed by atoms with Gasteiger partial charge in [-0.25, -0.2) is 27.5 Å². The van der Waals surface area contributed by atoms with E-state index in [-0.39, 0.29) is 49.9 Å². The lowest BCUT2D eigenvalue weighted by molar-refractivity contribution is -0.141. The van der Waals surface area contributed by atoms with E-state index in [0.717, 1.165) is 47.9 Å². The first kappa shape index (κ1) is 47.5. The second-order valence-corrected chi connectivity index (χ2v) is 18.9. The number of nitrogens with one attached hydrogen (secondary N) is 2. The molecule has 2 aliphatic heterocycles. The predicted molar refractivity (Wildman–Crippen MR) is 237 cm³/mol. The number of aromatic nitrogens is 8. The van der Waals surface area contributed by atoms with Crippen molar-refractivity contribution in [2.75, 3.05) is 36.9 Å². The molecule has 0 spiro atoms. The van der Waals surface area contributed by atoms with E-state index in [4.69, 9.17) is 4.74 Å². The Hall–Kier alpha value is -6.61. The quantitative estimate of drug-likeness (QED) is 0.108. The highest BCUT2D eigenvalue weighted by atomic mass is 19.4. The summed E-state index contributed by atoms with van der Waals surface area (Å²) in [6.45, 7) is 3.38. The van der Waals surface area contributed by atoms with Crippen LogP contribution in [-0.2, 0) is 48.8 Å². The van der Waals surface area contributed by atoms with Crippen molar-refractivity contribution in [2.45, 2.75) is 86.3 Å². The van der Waals surface area contributed by atoms with Crippen molar-refractivity contribution in [3.8, 4) is 0 Å². The van der Waals surface area contributed by atoms with Crippen molar-refractivity contribution in [1.82, 2.24) is 44.4 Å². The molecule has 6 aromatic rings. The van der Waals surface area contributed by atoms with Gasteiger partial charge in [0.25, 0.3) is 11.8 Å². The van der Waals surface area contributed by atoms with Crippen molar-refractivity contribution in [3.63, 3.8) is 0 Å². The van der Waals surface area contributed by atoms with Crippen LogP contribution < -0.4 is 10.6 Å². The average Bonchev–Trinajstić information content (AvgIpc) is 3.91. The number of aryl methyl sites for hydroxylation is 2. The van der Waals surface area contributed by atoms with E-state index in [1.807, 2.05) is 17.0 Å². The van der Waals surface area contributed by atoms with Gasteiger partial charge < -0.3 is 24.5 Å². The Labute approximate surface area is 391 Å². The molecular formula is C48H48F7N11O3. The highest BCUT2D eigenvalue weighted by Gasteiger charge is 2.58. The largest absolute Gasteiger partial charge is 0.433 e. The molecule has 1 atom stereocenters. The molecule has 10 rings (SSSR count). The number of pyridine rings is 2. The molecule has 2 aromatic carbocycles. The minimum atomic E-state index is -4.68. The third-order valence-electron chi connectivity index (χ3n) is 13.0. The lowest BCUT2D eigenvalue weighted by atomic mass is 9.60. The van der Waals surface area contributed by atoms with Crippen LogP contribution >= 0.6 is 0 Å². The summed E-state index contributed by atoms with van der Waals surface area (Å²) in [5, 5.41) is 21.0. The lowest BCUT2D eigenvalue weighted by Crippen LogP contribution is -2.56. The van der Waals surface area contributed by atoms with Crippen LogP contribution in [0.15, 0.2) is 91.5 Å². The van der Waals surface area contributed by atoms with E-state index >= 15 is 4.39 Å². The standard InChI is InChI=1S/C27H30F2N6O2.C21H18F5N5O/c1-26(29)12-35(13-26)11-17-8-21(18-6-7-18)32-22(9-17)25(36)31-20-5-3-4-19(10-20)27(14-37-15-27)23(28)24-33-30-16-34(24)2;1-31-12-27-30-17(31)9-19(10-20(22,23)11-19)13-4-2-5-14(8-13)28-18(32)15-6-3-7-16(29-15)21(24,25)26/h3-5,8-10,16,18,23H,6-7,11-15H2,1-2H3,(H,31,36);2-8,12H,9-11H2,1H3,(H,28,32). The van der Waals surface area contributed by atoms with Gasteiger partial charge in [-0.1, -0.05) is 30.3 Å². The van der Waals surface area contributed by atoms with E-state index in [9.17, 15) is 35.9 Å². The highest BCUT2D eigenvalue weighted by molar-refractivity contribution is 6.03. The van der Waals surface area contributed by atoms with Gasteiger partial charge in [-0.2, -0.15) is 13.2 Å². The number of hydrogen-bond donors (Lipinski definition) is 2. The minimum absolute atomic E-state index is 0.210. The van der Waals surface area contributed by atoms with E-state index in [1.54, 1.807) is 72.6 Å². The molecule has 2 N–H and O–H groups in total. The monoisotopic (exact) mass is 959 g/mol. The van der Waals surface area contributed by atoms with E-state index in [1.165, 1.54) is 18.7 Å². The number of hydrogen-bond acceptors (Lipinski definition) is 10. The van der Waals surface area contributed by atoms with Crippen molar-refractivity contribution in [1.29, 1.82) is 0 Å². The second-order valence-electron chi connectivity index (χ2n) is 18.9. The van der Waals surface area contributed by atoms with Crippen LogP contribution in [0.25, 0.3) is 0 Å². The Balaban J connectivity index is 0.000000174. The molecule has 2 saturated heterocycles.